The van der Waals surface area contributed by atoms with Gasteiger partial charge in [0.2, 0.25) is 5.71 Å². The Morgan fingerprint density at radius 3 is 2.67 bits per heavy atom. The van der Waals surface area contributed by atoms with Gasteiger partial charge >= 0.3 is 18.2 Å². The fraction of sp³-hybridized carbons (Fsp3) is 0.462. The molecule has 0 saturated carbocycles. The third-order valence-electron chi connectivity index (χ3n) is 2.15. The van der Waals surface area contributed by atoms with Gasteiger partial charge in [-0.2, -0.15) is 0 Å². The molecule has 0 saturated heterocycles. The van der Waals surface area contributed by atoms with Crippen molar-refractivity contribution in [1.82, 2.24) is 4.98 Å². The van der Waals surface area contributed by atoms with Crippen LogP contribution in [0.15, 0.2) is 10.5 Å². The molecule has 0 unspecified atom stereocenters. The summed E-state index contributed by atoms with van der Waals surface area (Å²) in [7, 11) is 1.09. The number of nitrogens with zero attached hydrogens (tertiary/aromatic N) is 2. The second-order valence-corrected chi connectivity index (χ2v) is 5.18. The lowest BCUT2D eigenvalue weighted by atomic mass is 10.3. The van der Waals surface area contributed by atoms with Gasteiger partial charge in [0.05, 0.1) is 19.8 Å². The molecule has 0 fully saturated rings. The minimum absolute atomic E-state index is 0.0576. The molecule has 0 bridgehead atoms. The van der Waals surface area contributed by atoms with Crippen LogP contribution >= 0.6 is 11.3 Å². The molecule has 1 N–H and O–H groups in total. The summed E-state index contributed by atoms with van der Waals surface area (Å²) in [5.74, 6) is -0.844. The van der Waals surface area contributed by atoms with E-state index in [9.17, 15) is 14.4 Å². The van der Waals surface area contributed by atoms with E-state index >= 15 is 0 Å². The zero-order valence-electron chi connectivity index (χ0n) is 13.5. The van der Waals surface area contributed by atoms with Crippen LogP contribution in [0.4, 0.5) is 14.7 Å². The van der Waals surface area contributed by atoms with Crippen LogP contribution < -0.4 is 5.32 Å². The van der Waals surface area contributed by atoms with Gasteiger partial charge in [0.15, 0.2) is 5.13 Å². The van der Waals surface area contributed by atoms with Gasteiger partial charge in [-0.1, -0.05) is 5.16 Å². The first-order valence-electron chi connectivity index (χ1n) is 6.81. The number of nitrogens with one attached hydrogen (secondary N) is 1. The molecular formula is C13H17N3O7S. The number of carbonyl (C=O) groups is 3. The van der Waals surface area contributed by atoms with Crippen molar-refractivity contribution < 1.29 is 33.4 Å². The summed E-state index contributed by atoms with van der Waals surface area (Å²) in [6, 6.07) is 0. The minimum atomic E-state index is -1.11. The summed E-state index contributed by atoms with van der Waals surface area (Å²) >= 11 is 1.03. The summed E-state index contributed by atoms with van der Waals surface area (Å²) < 4.78 is 14.0. The molecule has 1 aromatic heterocycles. The molecule has 1 heterocycles. The van der Waals surface area contributed by atoms with Crippen molar-refractivity contribution in [3.05, 3.63) is 11.1 Å². The summed E-state index contributed by atoms with van der Waals surface area (Å²) in [6.07, 6.45) is -2.09. The lowest BCUT2D eigenvalue weighted by Gasteiger charge is -2.07. The number of ether oxygens (including phenoxy) is 3. The van der Waals surface area contributed by atoms with Gasteiger partial charge in [0.1, 0.15) is 5.69 Å². The van der Waals surface area contributed by atoms with Crippen LogP contribution in [0.1, 0.15) is 26.5 Å². The van der Waals surface area contributed by atoms with E-state index in [2.05, 4.69) is 25.0 Å². The lowest BCUT2D eigenvalue weighted by molar-refractivity contribution is -0.135. The third-order valence-corrected chi connectivity index (χ3v) is 2.90. The fourth-order valence-electron chi connectivity index (χ4n) is 1.28. The lowest BCUT2D eigenvalue weighted by Crippen LogP contribution is -2.21. The molecule has 1 rings (SSSR count). The Labute approximate surface area is 141 Å². The molecule has 0 aliphatic heterocycles. The molecule has 24 heavy (non-hydrogen) atoms. The predicted molar refractivity (Wildman–Crippen MR) is 84.0 cm³/mol. The van der Waals surface area contributed by atoms with Gasteiger partial charge in [-0.15, -0.1) is 11.3 Å². The number of hydrogen-bond donors (Lipinski definition) is 1. The van der Waals surface area contributed by atoms with Gasteiger partial charge < -0.3 is 14.2 Å². The summed E-state index contributed by atoms with van der Waals surface area (Å²) in [5.41, 5.74) is -0.286. The highest BCUT2D eigenvalue weighted by Crippen LogP contribution is 2.17. The first kappa shape index (κ1) is 19.4. The van der Waals surface area contributed by atoms with E-state index < -0.39 is 18.2 Å². The highest BCUT2D eigenvalue weighted by molar-refractivity contribution is 7.14. The molecule has 1 amide bonds. The quantitative estimate of drug-likeness (QED) is 0.269. The van der Waals surface area contributed by atoms with Crippen LogP contribution in [0.25, 0.3) is 0 Å². The molecule has 0 spiro atoms. The Kier molecular flexibility index (Phi) is 7.62. The van der Waals surface area contributed by atoms with E-state index in [1.807, 2.05) is 0 Å². The van der Waals surface area contributed by atoms with Crippen molar-refractivity contribution in [2.75, 3.05) is 19.0 Å². The number of carbonyl (C=O) groups excluding carboxylic acids is 3. The van der Waals surface area contributed by atoms with Crippen molar-refractivity contribution >= 4 is 40.4 Å². The van der Waals surface area contributed by atoms with Crippen LogP contribution in [-0.2, 0) is 23.8 Å². The highest BCUT2D eigenvalue weighted by Gasteiger charge is 2.21. The molecule has 132 valence electrons. The largest absolute Gasteiger partial charge is 0.534 e. The van der Waals surface area contributed by atoms with E-state index in [0.29, 0.717) is 0 Å². The Bertz CT molecular complexity index is 627. The second kappa shape index (κ2) is 9.45. The topological polar surface area (TPSA) is 125 Å². The average Bonchev–Trinajstić information content (AvgIpc) is 2.94. The SMILES string of the molecule is CCOC(=O)C(=NOC(=O)OC)c1csc(NC(=O)OC(C)C)n1. The normalized spacial score (nSPS) is 11.0. The number of anilines is 1. The number of oxime groups is 1. The summed E-state index contributed by atoms with van der Waals surface area (Å²) in [6.45, 7) is 5.09. The van der Waals surface area contributed by atoms with E-state index in [4.69, 9.17) is 9.47 Å². The monoisotopic (exact) mass is 359 g/mol. The van der Waals surface area contributed by atoms with Crippen molar-refractivity contribution in [2.24, 2.45) is 5.16 Å². The number of rotatable bonds is 6. The molecule has 1 aromatic rings. The maximum atomic E-state index is 11.9. The molecular weight excluding hydrogens is 342 g/mol. The molecule has 10 nitrogen and oxygen atoms in total. The van der Waals surface area contributed by atoms with E-state index in [1.165, 1.54) is 5.38 Å². The van der Waals surface area contributed by atoms with Crippen molar-refractivity contribution in [2.45, 2.75) is 26.9 Å². The Balaban J connectivity index is 2.93. The first-order valence-corrected chi connectivity index (χ1v) is 7.68. The van der Waals surface area contributed by atoms with Gasteiger partial charge in [-0.3, -0.25) is 10.2 Å². The molecule has 0 aromatic carbocycles. The van der Waals surface area contributed by atoms with Crippen LogP contribution in [0, 0.1) is 0 Å². The van der Waals surface area contributed by atoms with Gasteiger partial charge in [0, 0.05) is 5.38 Å². The Hall–Kier alpha value is -2.69. The van der Waals surface area contributed by atoms with Crippen molar-refractivity contribution in [3.8, 4) is 0 Å². The number of amides is 1. The van der Waals surface area contributed by atoms with E-state index in [0.717, 1.165) is 18.4 Å². The average molecular weight is 359 g/mol. The van der Waals surface area contributed by atoms with Gasteiger partial charge in [0.25, 0.3) is 0 Å². The third kappa shape index (κ3) is 6.20. The Morgan fingerprint density at radius 2 is 2.08 bits per heavy atom. The summed E-state index contributed by atoms with van der Waals surface area (Å²) in [5, 5.41) is 7.40. The fourth-order valence-corrected chi connectivity index (χ4v) is 1.96. The molecule has 11 heteroatoms. The van der Waals surface area contributed by atoms with Crippen LogP contribution in [0.3, 0.4) is 0 Å². The molecule has 0 aliphatic carbocycles. The zero-order valence-corrected chi connectivity index (χ0v) is 14.3. The molecule has 0 atom stereocenters. The highest BCUT2D eigenvalue weighted by atomic mass is 32.1. The number of hydrogen-bond acceptors (Lipinski definition) is 10. The van der Waals surface area contributed by atoms with E-state index in [1.54, 1.807) is 20.8 Å². The van der Waals surface area contributed by atoms with Crippen LogP contribution in [0.2, 0.25) is 0 Å². The maximum absolute atomic E-state index is 11.9. The van der Waals surface area contributed by atoms with Crippen LogP contribution in [-0.4, -0.2) is 48.7 Å². The van der Waals surface area contributed by atoms with Gasteiger partial charge in [-0.05, 0) is 20.8 Å². The van der Waals surface area contributed by atoms with Crippen LogP contribution in [0.5, 0.6) is 0 Å². The standard InChI is InChI=1S/C13H17N3O7S/c1-5-21-10(17)9(16-23-13(19)20-4)8-6-24-11(14-8)15-12(18)22-7(2)3/h6-7H,5H2,1-4H3,(H,14,15,18). The first-order chi connectivity index (χ1) is 11.4. The summed E-state index contributed by atoms with van der Waals surface area (Å²) in [4.78, 5) is 42.8. The number of thiazole rings is 1. The number of esters is 1. The van der Waals surface area contributed by atoms with Crippen molar-refractivity contribution in [3.63, 3.8) is 0 Å². The Morgan fingerprint density at radius 1 is 1.38 bits per heavy atom. The predicted octanol–water partition coefficient (Wildman–Crippen LogP) is 2.15. The number of aromatic nitrogens is 1. The van der Waals surface area contributed by atoms with Gasteiger partial charge in [-0.25, -0.2) is 19.4 Å². The number of methoxy groups -OCH3 is 1. The van der Waals surface area contributed by atoms with E-state index in [-0.39, 0.29) is 29.2 Å². The minimum Gasteiger partial charge on any atom is -0.461 e. The zero-order chi connectivity index (χ0) is 18.1. The maximum Gasteiger partial charge on any atom is 0.534 e. The van der Waals surface area contributed by atoms with Crippen molar-refractivity contribution in [1.29, 1.82) is 0 Å². The smallest absolute Gasteiger partial charge is 0.461 e. The second-order valence-electron chi connectivity index (χ2n) is 4.32. The molecule has 0 aliphatic rings. The molecule has 0 radical (unpaired) electrons.